The van der Waals surface area contributed by atoms with Crippen LogP contribution < -0.4 is 4.74 Å². The first-order valence-corrected chi connectivity index (χ1v) is 10.5. The van der Waals surface area contributed by atoms with Gasteiger partial charge in [0.1, 0.15) is 11.5 Å². The summed E-state index contributed by atoms with van der Waals surface area (Å²) in [5, 5.41) is 14.1. The summed E-state index contributed by atoms with van der Waals surface area (Å²) < 4.78 is 59.4. The Bertz CT molecular complexity index is 1250. The molecule has 0 saturated heterocycles. The number of carbonyl (C=O) groups excluding carboxylic acids is 1. The maximum Gasteiger partial charge on any atom is 0.287 e. The van der Waals surface area contributed by atoms with E-state index in [2.05, 4.69) is 10.1 Å². The molecule has 34 heavy (non-hydrogen) atoms. The lowest BCUT2D eigenvalue weighted by Gasteiger charge is -2.30. The smallest absolute Gasteiger partial charge is 0.287 e. The molecule has 1 aliphatic rings. The normalized spacial score (nSPS) is 18.3. The Morgan fingerprint density at radius 2 is 1.76 bits per heavy atom. The standard InChI is InChI=1S/C24H21F4N3O3/c1-13(2)34-15-9-7-14(8-10-15)19-11-17(16-5-3-4-6-18(16)29-19)22(32)31-24(33,23(27)28)12-20(30-31)21(25)26/h3-11,13,21,23,33H,12H2,1-2H3/t24-/m0/s1. The molecule has 3 aromatic rings. The summed E-state index contributed by atoms with van der Waals surface area (Å²) in [6.45, 7) is 3.77. The van der Waals surface area contributed by atoms with Crippen molar-refractivity contribution in [3.63, 3.8) is 0 Å². The number of amides is 1. The van der Waals surface area contributed by atoms with Gasteiger partial charge >= 0.3 is 0 Å². The molecule has 1 amide bonds. The molecule has 0 saturated carbocycles. The number of aliphatic hydroxyl groups is 1. The van der Waals surface area contributed by atoms with Gasteiger partial charge in [-0.25, -0.2) is 22.5 Å². The van der Waals surface area contributed by atoms with E-state index in [1.165, 1.54) is 6.07 Å². The number of benzene rings is 2. The summed E-state index contributed by atoms with van der Waals surface area (Å²) in [5.74, 6) is -0.512. The van der Waals surface area contributed by atoms with Crippen molar-refractivity contribution in [3.8, 4) is 17.0 Å². The predicted octanol–water partition coefficient (Wildman–Crippen LogP) is 5.11. The second kappa shape index (κ2) is 9.02. The number of rotatable bonds is 6. The fourth-order valence-corrected chi connectivity index (χ4v) is 3.69. The van der Waals surface area contributed by atoms with Crippen LogP contribution in [-0.2, 0) is 0 Å². The summed E-state index contributed by atoms with van der Waals surface area (Å²) in [5.41, 5.74) is -2.95. The van der Waals surface area contributed by atoms with Gasteiger partial charge in [0, 0.05) is 17.4 Å². The van der Waals surface area contributed by atoms with Crippen LogP contribution in [0.3, 0.4) is 0 Å². The molecule has 1 atom stereocenters. The second-order valence-electron chi connectivity index (χ2n) is 8.13. The minimum atomic E-state index is -3.52. The monoisotopic (exact) mass is 475 g/mol. The van der Waals surface area contributed by atoms with Gasteiger partial charge in [-0.3, -0.25) is 4.79 Å². The lowest BCUT2D eigenvalue weighted by molar-refractivity contribution is -0.164. The van der Waals surface area contributed by atoms with Crippen LogP contribution in [0.2, 0.25) is 0 Å². The van der Waals surface area contributed by atoms with E-state index < -0.39 is 36.6 Å². The van der Waals surface area contributed by atoms with E-state index in [1.54, 1.807) is 48.5 Å². The number of hydrogen-bond donors (Lipinski definition) is 1. The topological polar surface area (TPSA) is 75.0 Å². The number of aromatic nitrogens is 1. The molecule has 6 nitrogen and oxygen atoms in total. The van der Waals surface area contributed by atoms with E-state index >= 15 is 0 Å². The Labute approximate surface area is 192 Å². The van der Waals surface area contributed by atoms with Crippen molar-refractivity contribution in [2.24, 2.45) is 5.10 Å². The minimum Gasteiger partial charge on any atom is -0.491 e. The van der Waals surface area contributed by atoms with Crippen LogP contribution in [0.1, 0.15) is 30.6 Å². The molecule has 10 heteroatoms. The van der Waals surface area contributed by atoms with Crippen molar-refractivity contribution >= 4 is 22.5 Å². The van der Waals surface area contributed by atoms with Gasteiger partial charge in [-0.1, -0.05) is 18.2 Å². The number of para-hydroxylation sites is 1. The maximum absolute atomic E-state index is 13.7. The van der Waals surface area contributed by atoms with Crippen molar-refractivity contribution < 1.29 is 32.2 Å². The van der Waals surface area contributed by atoms with Crippen molar-refractivity contribution in [2.45, 2.75) is 44.9 Å². The molecular weight excluding hydrogens is 454 g/mol. The van der Waals surface area contributed by atoms with Gasteiger partial charge in [0.15, 0.2) is 0 Å². The molecule has 0 fully saturated rings. The van der Waals surface area contributed by atoms with Crippen molar-refractivity contribution in [1.82, 2.24) is 9.99 Å². The highest BCUT2D eigenvalue weighted by atomic mass is 19.3. The molecule has 0 spiro atoms. The number of carbonyl (C=O) groups is 1. The highest BCUT2D eigenvalue weighted by Gasteiger charge is 2.53. The van der Waals surface area contributed by atoms with Crippen LogP contribution in [0.15, 0.2) is 59.7 Å². The van der Waals surface area contributed by atoms with Gasteiger partial charge in [-0.05, 0) is 50.2 Å². The highest BCUT2D eigenvalue weighted by molar-refractivity contribution is 6.08. The molecule has 1 N–H and O–H groups in total. The highest BCUT2D eigenvalue weighted by Crippen LogP contribution is 2.36. The Hall–Kier alpha value is -3.53. The molecule has 1 aliphatic heterocycles. The molecule has 0 radical (unpaired) electrons. The largest absolute Gasteiger partial charge is 0.491 e. The number of hydrogen-bond acceptors (Lipinski definition) is 5. The zero-order chi connectivity index (χ0) is 24.6. The average Bonchev–Trinajstić information content (AvgIpc) is 3.17. The van der Waals surface area contributed by atoms with E-state index in [4.69, 9.17) is 4.74 Å². The quantitative estimate of drug-likeness (QED) is 0.503. The predicted molar refractivity (Wildman–Crippen MR) is 118 cm³/mol. The fourth-order valence-electron chi connectivity index (χ4n) is 3.69. The molecule has 178 valence electrons. The summed E-state index contributed by atoms with van der Waals surface area (Å²) in [7, 11) is 0. The zero-order valence-corrected chi connectivity index (χ0v) is 18.3. The third kappa shape index (κ3) is 4.33. The number of fused-ring (bicyclic) bond motifs is 1. The number of alkyl halides is 4. The summed E-state index contributed by atoms with van der Waals surface area (Å²) in [6, 6.07) is 14.7. The number of halogens is 4. The minimum absolute atomic E-state index is 0.0263. The van der Waals surface area contributed by atoms with Crippen molar-refractivity contribution in [3.05, 3.63) is 60.2 Å². The third-order valence-corrected chi connectivity index (χ3v) is 5.30. The molecule has 4 rings (SSSR count). The SMILES string of the molecule is CC(C)Oc1ccc(-c2cc(C(=O)N3N=C(C(F)F)C[C@]3(O)C(F)F)c3ccccc3n2)cc1. The number of nitrogens with zero attached hydrogens (tertiary/aromatic N) is 3. The lowest BCUT2D eigenvalue weighted by atomic mass is 10.0. The van der Waals surface area contributed by atoms with Gasteiger partial charge in [-0.2, -0.15) is 10.1 Å². The molecule has 1 aromatic heterocycles. The summed E-state index contributed by atoms with van der Waals surface area (Å²) in [6.07, 6.45) is -7.89. The number of pyridine rings is 1. The Morgan fingerprint density at radius 3 is 2.38 bits per heavy atom. The lowest BCUT2D eigenvalue weighted by Crippen LogP contribution is -2.51. The van der Waals surface area contributed by atoms with Crippen LogP contribution in [0.4, 0.5) is 17.6 Å². The van der Waals surface area contributed by atoms with E-state index in [9.17, 15) is 27.5 Å². The first-order chi connectivity index (χ1) is 16.1. The average molecular weight is 475 g/mol. The fraction of sp³-hybridized carbons (Fsp3) is 0.292. The first-order valence-electron chi connectivity index (χ1n) is 10.5. The Morgan fingerprint density at radius 1 is 1.09 bits per heavy atom. The van der Waals surface area contributed by atoms with Gasteiger partial charge in [0.05, 0.1) is 22.9 Å². The number of ether oxygens (including phenoxy) is 1. The number of hydrazone groups is 1. The maximum atomic E-state index is 13.7. The summed E-state index contributed by atoms with van der Waals surface area (Å²) >= 11 is 0. The molecule has 0 unspecified atom stereocenters. The molecule has 0 aliphatic carbocycles. The van der Waals surface area contributed by atoms with Gasteiger partial charge in [-0.15, -0.1) is 0 Å². The van der Waals surface area contributed by atoms with E-state index in [0.717, 1.165) is 0 Å². The molecular formula is C24H21F4N3O3. The summed E-state index contributed by atoms with van der Waals surface area (Å²) in [4.78, 5) is 17.9. The van der Waals surface area contributed by atoms with Crippen molar-refractivity contribution in [1.29, 1.82) is 0 Å². The van der Waals surface area contributed by atoms with E-state index in [0.29, 0.717) is 27.9 Å². The van der Waals surface area contributed by atoms with Gasteiger partial charge in [0.2, 0.25) is 5.72 Å². The Kier molecular flexibility index (Phi) is 6.26. The van der Waals surface area contributed by atoms with Crippen LogP contribution in [0.5, 0.6) is 5.75 Å². The molecule has 0 bridgehead atoms. The molecule has 2 heterocycles. The zero-order valence-electron chi connectivity index (χ0n) is 18.3. The van der Waals surface area contributed by atoms with E-state index in [1.807, 2.05) is 13.8 Å². The van der Waals surface area contributed by atoms with Gasteiger partial charge in [0.25, 0.3) is 18.8 Å². The van der Waals surface area contributed by atoms with Crippen LogP contribution in [-0.4, -0.2) is 51.4 Å². The van der Waals surface area contributed by atoms with Crippen LogP contribution >= 0.6 is 0 Å². The van der Waals surface area contributed by atoms with Crippen LogP contribution in [0.25, 0.3) is 22.2 Å². The Balaban J connectivity index is 1.81. The third-order valence-electron chi connectivity index (χ3n) is 5.30. The van der Waals surface area contributed by atoms with E-state index in [-0.39, 0.29) is 16.7 Å². The first kappa shape index (κ1) is 23.6. The molecule has 2 aromatic carbocycles. The van der Waals surface area contributed by atoms with Gasteiger partial charge < -0.3 is 9.84 Å². The van der Waals surface area contributed by atoms with Crippen molar-refractivity contribution in [2.75, 3.05) is 0 Å². The van der Waals surface area contributed by atoms with Crippen LogP contribution in [0, 0.1) is 0 Å². The second-order valence-corrected chi connectivity index (χ2v) is 8.13.